The van der Waals surface area contributed by atoms with Crippen LogP contribution in [0.2, 0.25) is 0 Å². The molecule has 1 aromatic heterocycles. The van der Waals surface area contributed by atoms with Gasteiger partial charge in [0.15, 0.2) is 0 Å². The normalized spacial score (nSPS) is 20.6. The van der Waals surface area contributed by atoms with Gasteiger partial charge >= 0.3 is 0 Å². The monoisotopic (exact) mass is 323 g/mol. The lowest BCUT2D eigenvalue weighted by Crippen LogP contribution is -2.45. The van der Waals surface area contributed by atoms with Gasteiger partial charge in [-0.15, -0.1) is 0 Å². The SMILES string of the molecule is O=C(c1ccc(N2CCOCC2)nc1)N1CCC1c1ccccc1. The van der Waals surface area contributed by atoms with Crippen molar-refractivity contribution in [2.45, 2.75) is 12.5 Å². The van der Waals surface area contributed by atoms with Crippen molar-refractivity contribution >= 4 is 11.7 Å². The standard InChI is InChI=1S/C19H21N3O2/c23-19(22-9-8-17(22)15-4-2-1-3-5-15)16-6-7-18(20-14-16)21-10-12-24-13-11-21/h1-7,14,17H,8-13H2. The zero-order valence-corrected chi connectivity index (χ0v) is 13.6. The van der Waals surface area contributed by atoms with Crippen molar-refractivity contribution in [2.24, 2.45) is 0 Å². The fourth-order valence-corrected chi connectivity index (χ4v) is 3.31. The first-order chi connectivity index (χ1) is 11.8. The molecular formula is C19H21N3O2. The Balaban J connectivity index is 1.46. The van der Waals surface area contributed by atoms with E-state index in [1.165, 1.54) is 5.56 Å². The molecule has 0 saturated carbocycles. The highest BCUT2D eigenvalue weighted by Crippen LogP contribution is 2.34. The average Bonchev–Trinajstić information content (AvgIpc) is 2.62. The van der Waals surface area contributed by atoms with Crippen LogP contribution in [-0.4, -0.2) is 48.6 Å². The zero-order valence-electron chi connectivity index (χ0n) is 13.6. The van der Waals surface area contributed by atoms with Crippen molar-refractivity contribution in [1.29, 1.82) is 0 Å². The average molecular weight is 323 g/mol. The molecule has 0 N–H and O–H groups in total. The lowest BCUT2D eigenvalue weighted by molar-refractivity contribution is 0.0460. The molecule has 4 rings (SSSR count). The number of morpholine rings is 1. The Morgan fingerprint density at radius 1 is 1.04 bits per heavy atom. The first-order valence-corrected chi connectivity index (χ1v) is 8.47. The van der Waals surface area contributed by atoms with Gasteiger partial charge in [0, 0.05) is 25.8 Å². The fourth-order valence-electron chi connectivity index (χ4n) is 3.31. The minimum Gasteiger partial charge on any atom is -0.378 e. The molecular weight excluding hydrogens is 302 g/mol. The van der Waals surface area contributed by atoms with Gasteiger partial charge in [-0.2, -0.15) is 0 Å². The summed E-state index contributed by atoms with van der Waals surface area (Å²) >= 11 is 0. The van der Waals surface area contributed by atoms with E-state index in [0.717, 1.165) is 45.1 Å². The first-order valence-electron chi connectivity index (χ1n) is 8.47. The van der Waals surface area contributed by atoms with Crippen LogP contribution in [0.3, 0.4) is 0 Å². The molecule has 1 amide bonds. The van der Waals surface area contributed by atoms with E-state index in [-0.39, 0.29) is 11.9 Å². The highest BCUT2D eigenvalue weighted by atomic mass is 16.5. The Morgan fingerprint density at radius 3 is 2.46 bits per heavy atom. The van der Waals surface area contributed by atoms with Gasteiger partial charge in [-0.3, -0.25) is 4.79 Å². The van der Waals surface area contributed by atoms with Crippen molar-refractivity contribution in [1.82, 2.24) is 9.88 Å². The van der Waals surface area contributed by atoms with E-state index in [1.54, 1.807) is 6.20 Å². The van der Waals surface area contributed by atoms with Crippen LogP contribution in [0.5, 0.6) is 0 Å². The number of anilines is 1. The Bertz CT molecular complexity index is 696. The van der Waals surface area contributed by atoms with Crippen LogP contribution in [0.4, 0.5) is 5.82 Å². The van der Waals surface area contributed by atoms with Crippen molar-refractivity contribution in [3.8, 4) is 0 Å². The van der Waals surface area contributed by atoms with Crippen LogP contribution >= 0.6 is 0 Å². The molecule has 2 saturated heterocycles. The Hall–Kier alpha value is -2.40. The second-order valence-electron chi connectivity index (χ2n) is 6.22. The molecule has 24 heavy (non-hydrogen) atoms. The van der Waals surface area contributed by atoms with E-state index in [1.807, 2.05) is 35.2 Å². The van der Waals surface area contributed by atoms with Crippen LogP contribution in [-0.2, 0) is 4.74 Å². The molecule has 0 radical (unpaired) electrons. The molecule has 1 atom stereocenters. The van der Waals surface area contributed by atoms with Crippen molar-refractivity contribution < 1.29 is 9.53 Å². The Labute approximate surface area is 141 Å². The summed E-state index contributed by atoms with van der Waals surface area (Å²) in [6.07, 6.45) is 2.72. The summed E-state index contributed by atoms with van der Waals surface area (Å²) in [4.78, 5) is 21.4. The van der Waals surface area contributed by atoms with Crippen molar-refractivity contribution in [3.63, 3.8) is 0 Å². The lowest BCUT2D eigenvalue weighted by Gasteiger charge is -2.41. The number of likely N-dealkylation sites (tertiary alicyclic amines) is 1. The summed E-state index contributed by atoms with van der Waals surface area (Å²) in [5.41, 5.74) is 1.86. The number of ether oxygens (including phenoxy) is 1. The number of pyridine rings is 1. The molecule has 3 heterocycles. The number of carbonyl (C=O) groups excluding carboxylic acids is 1. The Morgan fingerprint density at radius 2 is 1.83 bits per heavy atom. The molecule has 0 aliphatic carbocycles. The van der Waals surface area contributed by atoms with E-state index in [2.05, 4.69) is 22.0 Å². The maximum absolute atomic E-state index is 12.8. The molecule has 0 spiro atoms. The number of hydrogen-bond donors (Lipinski definition) is 0. The second kappa shape index (κ2) is 6.61. The van der Waals surface area contributed by atoms with E-state index >= 15 is 0 Å². The number of benzene rings is 1. The topological polar surface area (TPSA) is 45.7 Å². The van der Waals surface area contributed by atoms with Gasteiger partial charge in [0.25, 0.3) is 5.91 Å². The first kappa shape index (κ1) is 15.1. The van der Waals surface area contributed by atoms with Crippen LogP contribution < -0.4 is 4.90 Å². The molecule has 124 valence electrons. The van der Waals surface area contributed by atoms with Gasteiger partial charge in [0.05, 0.1) is 24.8 Å². The quantitative estimate of drug-likeness (QED) is 0.871. The third kappa shape index (κ3) is 2.87. The minimum absolute atomic E-state index is 0.0659. The number of carbonyl (C=O) groups is 1. The predicted molar refractivity (Wildman–Crippen MR) is 92.1 cm³/mol. The third-order valence-corrected chi connectivity index (χ3v) is 4.79. The molecule has 2 aliphatic rings. The largest absolute Gasteiger partial charge is 0.378 e. The van der Waals surface area contributed by atoms with Crippen molar-refractivity contribution in [2.75, 3.05) is 37.7 Å². The predicted octanol–water partition coefficient (Wildman–Crippen LogP) is 2.51. The third-order valence-electron chi connectivity index (χ3n) is 4.79. The van der Waals surface area contributed by atoms with Gasteiger partial charge in [-0.05, 0) is 24.1 Å². The molecule has 2 fully saturated rings. The number of hydrogen-bond acceptors (Lipinski definition) is 4. The van der Waals surface area contributed by atoms with E-state index in [4.69, 9.17) is 4.74 Å². The molecule has 2 aliphatic heterocycles. The maximum Gasteiger partial charge on any atom is 0.255 e. The fraction of sp³-hybridized carbons (Fsp3) is 0.368. The summed E-state index contributed by atoms with van der Waals surface area (Å²) in [7, 11) is 0. The maximum atomic E-state index is 12.8. The number of rotatable bonds is 3. The van der Waals surface area contributed by atoms with Gasteiger partial charge in [-0.25, -0.2) is 4.98 Å². The molecule has 1 unspecified atom stereocenters. The number of nitrogens with zero attached hydrogens (tertiary/aromatic N) is 3. The number of amides is 1. The summed E-state index contributed by atoms with van der Waals surface area (Å²) in [5, 5.41) is 0. The van der Waals surface area contributed by atoms with Gasteiger partial charge in [0.1, 0.15) is 5.82 Å². The molecule has 5 heteroatoms. The zero-order chi connectivity index (χ0) is 16.4. The van der Waals surface area contributed by atoms with E-state index in [9.17, 15) is 4.79 Å². The molecule has 5 nitrogen and oxygen atoms in total. The summed E-state index contributed by atoms with van der Waals surface area (Å²) in [6, 6.07) is 14.2. The van der Waals surface area contributed by atoms with Crippen LogP contribution in [0.15, 0.2) is 48.7 Å². The molecule has 0 bridgehead atoms. The van der Waals surface area contributed by atoms with Crippen molar-refractivity contribution in [3.05, 3.63) is 59.8 Å². The van der Waals surface area contributed by atoms with Gasteiger partial charge < -0.3 is 14.5 Å². The lowest BCUT2D eigenvalue weighted by atomic mass is 9.94. The highest BCUT2D eigenvalue weighted by Gasteiger charge is 2.33. The van der Waals surface area contributed by atoms with Crippen LogP contribution in [0, 0.1) is 0 Å². The second-order valence-corrected chi connectivity index (χ2v) is 6.22. The van der Waals surface area contributed by atoms with Crippen LogP contribution in [0.25, 0.3) is 0 Å². The summed E-state index contributed by atoms with van der Waals surface area (Å²) in [6.45, 7) is 3.97. The van der Waals surface area contributed by atoms with E-state index < -0.39 is 0 Å². The van der Waals surface area contributed by atoms with Gasteiger partial charge in [0.2, 0.25) is 0 Å². The number of aromatic nitrogens is 1. The minimum atomic E-state index is 0.0659. The molecule has 2 aromatic rings. The van der Waals surface area contributed by atoms with Crippen LogP contribution in [0.1, 0.15) is 28.4 Å². The van der Waals surface area contributed by atoms with Gasteiger partial charge in [-0.1, -0.05) is 30.3 Å². The summed E-state index contributed by atoms with van der Waals surface area (Å²) in [5.74, 6) is 0.981. The smallest absolute Gasteiger partial charge is 0.255 e. The Kier molecular flexibility index (Phi) is 4.17. The van der Waals surface area contributed by atoms with E-state index in [0.29, 0.717) is 5.56 Å². The highest BCUT2D eigenvalue weighted by molar-refractivity contribution is 5.95. The molecule has 1 aromatic carbocycles. The summed E-state index contributed by atoms with van der Waals surface area (Å²) < 4.78 is 5.36.